The highest BCUT2D eigenvalue weighted by Crippen LogP contribution is 2.12. The van der Waals surface area contributed by atoms with Gasteiger partial charge in [0.25, 0.3) is 0 Å². The summed E-state index contributed by atoms with van der Waals surface area (Å²) in [6.07, 6.45) is 7.42. The van der Waals surface area contributed by atoms with Crippen molar-refractivity contribution >= 4 is 5.65 Å². The molecule has 2 aromatic heterocycles. The van der Waals surface area contributed by atoms with E-state index in [4.69, 9.17) is 0 Å². The fourth-order valence-corrected chi connectivity index (χ4v) is 2.90. The number of hydrogen-bond acceptors (Lipinski definition) is 5. The van der Waals surface area contributed by atoms with Crippen LogP contribution in [0.25, 0.3) is 5.65 Å². The topological polar surface area (TPSA) is 49.6 Å². The molecule has 6 heteroatoms. The van der Waals surface area contributed by atoms with Crippen LogP contribution in [0.15, 0.2) is 12.5 Å². The number of aryl methyl sites for hydroxylation is 2. The van der Waals surface area contributed by atoms with Crippen LogP contribution in [0.2, 0.25) is 0 Å². The number of likely N-dealkylation sites (N-methyl/N-ethyl adjacent to an activating group) is 2. The molecule has 184 valence electrons. The van der Waals surface area contributed by atoms with E-state index in [-0.39, 0.29) is 0 Å². The van der Waals surface area contributed by atoms with E-state index >= 15 is 0 Å². The van der Waals surface area contributed by atoms with Crippen LogP contribution in [0, 0.1) is 13.8 Å². The Kier molecular flexibility index (Phi) is 25.4. The third-order valence-electron chi connectivity index (χ3n) is 4.52. The summed E-state index contributed by atoms with van der Waals surface area (Å²) < 4.78 is 1.73. The first-order valence-electron chi connectivity index (χ1n) is 12.5. The standard InChI is InChI=1S/C10H22N2.C7H8N4.4C2H6/c1-4-5-6-10-9-11(2)7-8-12(10)3;1-5-3-8-6(2)11-7(5)9-4-10-11;4*1-2/h10H,4-9H2,1-3H3;3-4H,1-2H3;4*1-2H3/t10-;;;;;/m1...../s1. The number of fused-ring (bicyclic) bond motifs is 1. The summed E-state index contributed by atoms with van der Waals surface area (Å²) in [4.78, 5) is 13.2. The third kappa shape index (κ3) is 13.5. The van der Waals surface area contributed by atoms with Crippen molar-refractivity contribution in [1.29, 1.82) is 0 Å². The van der Waals surface area contributed by atoms with Gasteiger partial charge in [0.1, 0.15) is 12.2 Å². The monoisotopic (exact) mass is 438 g/mol. The Morgan fingerprint density at radius 1 is 0.903 bits per heavy atom. The first kappa shape index (κ1) is 34.1. The van der Waals surface area contributed by atoms with Crippen molar-refractivity contribution in [3.8, 4) is 0 Å². The molecule has 1 aliphatic heterocycles. The van der Waals surface area contributed by atoms with Gasteiger partial charge in [-0.3, -0.25) is 0 Å². The summed E-state index contributed by atoms with van der Waals surface area (Å²) in [5, 5.41) is 4.02. The van der Waals surface area contributed by atoms with Gasteiger partial charge in [0.15, 0.2) is 5.65 Å². The predicted octanol–water partition coefficient (Wildman–Crippen LogP) is 6.27. The van der Waals surface area contributed by atoms with Crippen molar-refractivity contribution in [3.05, 3.63) is 23.9 Å². The molecule has 0 bridgehead atoms. The van der Waals surface area contributed by atoms with Crippen LogP contribution in [0.5, 0.6) is 0 Å². The zero-order valence-electron chi connectivity index (χ0n) is 23.2. The van der Waals surface area contributed by atoms with Crippen molar-refractivity contribution < 1.29 is 0 Å². The van der Waals surface area contributed by atoms with Crippen LogP contribution in [0.1, 0.15) is 93.0 Å². The molecule has 1 atom stereocenters. The Hall–Kier alpha value is -1.53. The van der Waals surface area contributed by atoms with E-state index in [1.165, 1.54) is 45.2 Å². The minimum absolute atomic E-state index is 0.809. The zero-order chi connectivity index (χ0) is 24.8. The fraction of sp³-hybridized carbons (Fsp3) is 0.800. The molecule has 2 aromatic rings. The summed E-state index contributed by atoms with van der Waals surface area (Å²) in [5.74, 6) is 0.864. The van der Waals surface area contributed by atoms with Gasteiger partial charge in [-0.05, 0) is 34.4 Å². The lowest BCUT2D eigenvalue weighted by atomic mass is 10.1. The second-order valence-corrected chi connectivity index (χ2v) is 6.52. The molecule has 3 rings (SSSR count). The van der Waals surface area contributed by atoms with Crippen molar-refractivity contribution in [1.82, 2.24) is 29.4 Å². The van der Waals surface area contributed by atoms with Gasteiger partial charge >= 0.3 is 0 Å². The normalized spacial score (nSPS) is 15.3. The fourth-order valence-electron chi connectivity index (χ4n) is 2.90. The maximum absolute atomic E-state index is 4.14. The molecule has 0 radical (unpaired) electrons. The quantitative estimate of drug-likeness (QED) is 0.565. The summed E-state index contributed by atoms with van der Waals surface area (Å²) in [6, 6.07) is 0.809. The second kappa shape index (κ2) is 23.1. The van der Waals surface area contributed by atoms with Gasteiger partial charge in [0, 0.05) is 37.4 Å². The van der Waals surface area contributed by atoms with Crippen molar-refractivity contribution in [3.63, 3.8) is 0 Å². The predicted molar refractivity (Wildman–Crippen MR) is 139 cm³/mol. The van der Waals surface area contributed by atoms with Crippen LogP contribution >= 0.6 is 0 Å². The zero-order valence-corrected chi connectivity index (χ0v) is 23.2. The van der Waals surface area contributed by atoms with E-state index in [2.05, 4.69) is 45.9 Å². The van der Waals surface area contributed by atoms with Crippen molar-refractivity contribution in [2.75, 3.05) is 33.7 Å². The lowest BCUT2D eigenvalue weighted by molar-refractivity contribution is 0.107. The highest BCUT2D eigenvalue weighted by Gasteiger charge is 2.20. The Morgan fingerprint density at radius 3 is 2.00 bits per heavy atom. The molecule has 6 nitrogen and oxygen atoms in total. The van der Waals surface area contributed by atoms with Crippen LogP contribution in [0.3, 0.4) is 0 Å². The summed E-state index contributed by atoms with van der Waals surface area (Å²) >= 11 is 0. The lowest BCUT2D eigenvalue weighted by Crippen LogP contribution is -2.49. The van der Waals surface area contributed by atoms with Gasteiger partial charge in [-0.25, -0.2) is 9.97 Å². The molecule has 1 saturated heterocycles. The van der Waals surface area contributed by atoms with E-state index in [0.717, 1.165) is 23.1 Å². The molecule has 0 aliphatic carbocycles. The first-order valence-corrected chi connectivity index (χ1v) is 12.5. The third-order valence-corrected chi connectivity index (χ3v) is 4.52. The molecule has 3 heterocycles. The molecule has 0 aromatic carbocycles. The van der Waals surface area contributed by atoms with E-state index in [1.54, 1.807) is 10.7 Å². The number of rotatable bonds is 3. The van der Waals surface area contributed by atoms with Crippen LogP contribution in [-0.2, 0) is 0 Å². The van der Waals surface area contributed by atoms with Gasteiger partial charge in [-0.15, -0.1) is 0 Å². The van der Waals surface area contributed by atoms with E-state index in [1.807, 2.05) is 69.2 Å². The molecular formula is C25H54N6. The molecule has 0 spiro atoms. The van der Waals surface area contributed by atoms with Gasteiger partial charge < -0.3 is 9.80 Å². The van der Waals surface area contributed by atoms with Gasteiger partial charge in [0.2, 0.25) is 0 Å². The first-order chi connectivity index (χ1) is 15.0. The van der Waals surface area contributed by atoms with E-state index in [0.29, 0.717) is 0 Å². The van der Waals surface area contributed by atoms with Crippen molar-refractivity contribution in [2.45, 2.75) is 101 Å². The SMILES string of the molecule is CC.CC.CC.CC.CCCC[C@@H]1CN(C)CCN1C.Cc1cnc(C)n2ncnc12. The molecule has 31 heavy (non-hydrogen) atoms. The molecule has 0 amide bonds. The maximum Gasteiger partial charge on any atom is 0.161 e. The number of hydrogen-bond donors (Lipinski definition) is 0. The van der Waals surface area contributed by atoms with Gasteiger partial charge in [-0.1, -0.05) is 75.2 Å². The van der Waals surface area contributed by atoms with Crippen LogP contribution < -0.4 is 0 Å². The smallest absolute Gasteiger partial charge is 0.161 e. The van der Waals surface area contributed by atoms with Crippen LogP contribution in [-0.4, -0.2) is 69.2 Å². The summed E-state index contributed by atoms with van der Waals surface area (Å²) in [6.45, 7) is 25.9. The van der Waals surface area contributed by atoms with E-state index < -0.39 is 0 Å². The molecule has 0 saturated carbocycles. The number of aromatic nitrogens is 4. The lowest BCUT2D eigenvalue weighted by Gasteiger charge is -2.37. The minimum atomic E-state index is 0.809. The Balaban J connectivity index is -0.000000383. The maximum atomic E-state index is 4.14. The molecule has 0 N–H and O–H groups in total. The Bertz CT molecular complexity index is 575. The molecule has 0 unspecified atom stereocenters. The highest BCUT2D eigenvalue weighted by molar-refractivity contribution is 5.43. The van der Waals surface area contributed by atoms with E-state index in [9.17, 15) is 0 Å². The second-order valence-electron chi connectivity index (χ2n) is 6.52. The number of piperazine rings is 1. The van der Waals surface area contributed by atoms with Gasteiger partial charge in [0.05, 0.1) is 0 Å². The molecule has 1 fully saturated rings. The molecular weight excluding hydrogens is 384 g/mol. The number of nitrogens with zero attached hydrogens (tertiary/aromatic N) is 6. The Morgan fingerprint density at radius 2 is 1.48 bits per heavy atom. The highest BCUT2D eigenvalue weighted by atomic mass is 15.3. The van der Waals surface area contributed by atoms with Gasteiger partial charge in [-0.2, -0.15) is 9.61 Å². The largest absolute Gasteiger partial charge is 0.304 e. The number of unbranched alkanes of at least 4 members (excludes halogenated alkanes) is 1. The minimum Gasteiger partial charge on any atom is -0.304 e. The Labute approximate surface area is 194 Å². The molecule has 1 aliphatic rings. The average Bonchev–Trinajstić information content (AvgIpc) is 3.34. The average molecular weight is 439 g/mol. The summed E-state index contributed by atoms with van der Waals surface area (Å²) in [5.41, 5.74) is 1.94. The van der Waals surface area contributed by atoms with Crippen LogP contribution in [0.4, 0.5) is 0 Å². The summed E-state index contributed by atoms with van der Waals surface area (Å²) in [7, 11) is 4.49. The van der Waals surface area contributed by atoms with Crippen molar-refractivity contribution in [2.24, 2.45) is 0 Å².